The zero-order chi connectivity index (χ0) is 22.9. The summed E-state index contributed by atoms with van der Waals surface area (Å²) >= 11 is 1.44. The Kier molecular flexibility index (Phi) is 6.26. The van der Waals surface area contributed by atoms with Gasteiger partial charge < -0.3 is 5.32 Å². The zero-order valence-corrected chi connectivity index (χ0v) is 19.8. The molecule has 4 rings (SSSR count). The summed E-state index contributed by atoms with van der Waals surface area (Å²) in [5, 5.41) is 3.70. The number of carbonyl (C=O) groups is 1. The van der Waals surface area contributed by atoms with Crippen molar-refractivity contribution in [3.8, 4) is 0 Å². The van der Waals surface area contributed by atoms with Crippen molar-refractivity contribution >= 4 is 33.4 Å². The molecule has 166 valence electrons. The van der Waals surface area contributed by atoms with Crippen molar-refractivity contribution in [2.24, 2.45) is 0 Å². The van der Waals surface area contributed by atoms with E-state index in [1.165, 1.54) is 11.8 Å². The molecule has 1 amide bonds. The number of anilines is 1. The van der Waals surface area contributed by atoms with Gasteiger partial charge >= 0.3 is 0 Å². The van der Waals surface area contributed by atoms with Crippen LogP contribution in [0.2, 0.25) is 0 Å². The summed E-state index contributed by atoms with van der Waals surface area (Å²) in [6, 6.07) is 14.6. The fourth-order valence-corrected chi connectivity index (χ4v) is 5.34. The number of amides is 1. The van der Waals surface area contributed by atoms with Crippen molar-refractivity contribution < 1.29 is 13.2 Å². The maximum Gasteiger partial charge on any atom is 0.262 e. The summed E-state index contributed by atoms with van der Waals surface area (Å²) in [4.78, 5) is 17.6. The Bertz CT molecular complexity index is 1250. The maximum atomic E-state index is 12.9. The van der Waals surface area contributed by atoms with Gasteiger partial charge in [0.05, 0.1) is 10.5 Å². The number of benzene rings is 2. The van der Waals surface area contributed by atoms with E-state index in [0.29, 0.717) is 22.9 Å². The van der Waals surface area contributed by atoms with Gasteiger partial charge in [-0.25, -0.2) is 13.4 Å². The van der Waals surface area contributed by atoms with Gasteiger partial charge in [-0.3, -0.25) is 9.52 Å². The molecule has 0 radical (unpaired) electrons. The van der Waals surface area contributed by atoms with Crippen molar-refractivity contribution in [2.75, 3.05) is 4.72 Å². The van der Waals surface area contributed by atoms with E-state index in [9.17, 15) is 13.2 Å². The Morgan fingerprint density at radius 2 is 1.66 bits per heavy atom. The number of nitrogens with one attached hydrogen (secondary N) is 2. The van der Waals surface area contributed by atoms with Crippen LogP contribution in [0.15, 0.2) is 69.5 Å². The van der Waals surface area contributed by atoms with E-state index in [1.54, 1.807) is 37.4 Å². The van der Waals surface area contributed by atoms with E-state index in [1.807, 2.05) is 38.1 Å². The first-order chi connectivity index (χ1) is 15.2. The number of nitrogens with zero attached hydrogens (tertiary/aromatic N) is 1. The lowest BCUT2D eigenvalue weighted by Gasteiger charge is -2.13. The van der Waals surface area contributed by atoms with Gasteiger partial charge in [-0.05, 0) is 92.8 Å². The van der Waals surface area contributed by atoms with Gasteiger partial charge in [-0.15, -0.1) is 0 Å². The lowest BCUT2D eigenvalue weighted by molar-refractivity contribution is 0.0950. The van der Waals surface area contributed by atoms with Crippen LogP contribution >= 0.6 is 11.8 Å². The third-order valence-corrected chi connectivity index (χ3v) is 7.80. The summed E-state index contributed by atoms with van der Waals surface area (Å²) in [7, 11) is -3.68. The predicted octanol–water partition coefficient (Wildman–Crippen LogP) is 4.85. The van der Waals surface area contributed by atoms with Crippen LogP contribution in [0.25, 0.3) is 0 Å². The maximum absolute atomic E-state index is 12.9. The van der Waals surface area contributed by atoms with Crippen molar-refractivity contribution in [3.63, 3.8) is 0 Å². The summed E-state index contributed by atoms with van der Waals surface area (Å²) < 4.78 is 28.4. The molecule has 0 aliphatic heterocycles. The molecular formula is C24H25N3O3S2. The van der Waals surface area contributed by atoms with E-state index >= 15 is 0 Å². The minimum Gasteiger partial charge on any atom is -0.349 e. The minimum absolute atomic E-state index is 0.0906. The number of aromatic nitrogens is 1. The van der Waals surface area contributed by atoms with E-state index in [4.69, 9.17) is 0 Å². The molecule has 1 heterocycles. The number of hydrogen-bond acceptors (Lipinski definition) is 5. The molecule has 1 saturated carbocycles. The molecule has 2 N–H and O–H groups in total. The highest BCUT2D eigenvalue weighted by Gasteiger charge is 2.24. The molecule has 0 spiro atoms. The fourth-order valence-electron chi connectivity index (χ4n) is 3.22. The molecular weight excluding hydrogens is 442 g/mol. The van der Waals surface area contributed by atoms with E-state index in [0.717, 1.165) is 33.9 Å². The van der Waals surface area contributed by atoms with Crippen LogP contribution in [-0.4, -0.2) is 25.4 Å². The molecule has 1 aliphatic rings. The summed E-state index contributed by atoms with van der Waals surface area (Å²) in [5.74, 6) is -0.0906. The van der Waals surface area contributed by atoms with Gasteiger partial charge in [0.15, 0.2) is 0 Å². The van der Waals surface area contributed by atoms with Crippen LogP contribution in [0, 0.1) is 20.8 Å². The summed E-state index contributed by atoms with van der Waals surface area (Å²) in [6.07, 6.45) is 3.67. The van der Waals surface area contributed by atoms with Gasteiger partial charge in [0.2, 0.25) is 0 Å². The van der Waals surface area contributed by atoms with Gasteiger partial charge in [-0.2, -0.15) is 0 Å². The van der Waals surface area contributed by atoms with E-state index < -0.39 is 10.0 Å². The van der Waals surface area contributed by atoms with Gasteiger partial charge in [0.1, 0.15) is 5.03 Å². The molecule has 3 aromatic rings. The third-order valence-electron chi connectivity index (χ3n) is 5.32. The highest BCUT2D eigenvalue weighted by Crippen LogP contribution is 2.29. The average Bonchev–Trinajstić information content (AvgIpc) is 3.56. The van der Waals surface area contributed by atoms with Crippen molar-refractivity contribution in [1.82, 2.24) is 10.3 Å². The Hall–Kier alpha value is -2.84. The Morgan fingerprint density at radius 1 is 0.969 bits per heavy atom. The molecule has 0 bridgehead atoms. The van der Waals surface area contributed by atoms with Crippen LogP contribution in [0.1, 0.15) is 39.9 Å². The SMILES string of the molecule is Cc1cc(C)c(S(=O)(=O)Nc2ccc(Sc3ccc(C(=O)NC4CC4)cn3)cc2)cc1C. The minimum atomic E-state index is -3.68. The standard InChI is InChI=1S/C24H25N3O3S2/c1-15-12-17(3)22(13-16(15)2)32(29,30)27-20-7-9-21(10-8-20)31-23-11-4-18(14-25-23)24(28)26-19-5-6-19/h4,7-14,19,27H,5-6H2,1-3H3,(H,26,28). The monoisotopic (exact) mass is 467 g/mol. The van der Waals surface area contributed by atoms with Crippen LogP contribution < -0.4 is 10.0 Å². The zero-order valence-electron chi connectivity index (χ0n) is 18.2. The second-order valence-electron chi connectivity index (χ2n) is 8.07. The van der Waals surface area contributed by atoms with Gasteiger partial charge in [0.25, 0.3) is 15.9 Å². The Balaban J connectivity index is 1.42. The molecule has 1 fully saturated rings. The van der Waals surface area contributed by atoms with E-state index in [-0.39, 0.29) is 10.8 Å². The Labute approximate surface area is 192 Å². The third kappa shape index (κ3) is 5.31. The first-order valence-corrected chi connectivity index (χ1v) is 12.7. The van der Waals surface area contributed by atoms with E-state index in [2.05, 4.69) is 15.0 Å². The second-order valence-corrected chi connectivity index (χ2v) is 10.8. The molecule has 8 heteroatoms. The summed E-state index contributed by atoms with van der Waals surface area (Å²) in [5.41, 5.74) is 3.76. The fraction of sp³-hybridized carbons (Fsp3) is 0.250. The van der Waals surface area contributed by atoms with Crippen molar-refractivity contribution in [1.29, 1.82) is 0 Å². The lowest BCUT2D eigenvalue weighted by Crippen LogP contribution is -2.25. The number of rotatable bonds is 7. The van der Waals surface area contributed by atoms with Crippen LogP contribution in [-0.2, 0) is 10.0 Å². The number of carbonyl (C=O) groups excluding carboxylic acids is 1. The second kappa shape index (κ2) is 8.96. The molecule has 0 saturated heterocycles. The number of hydrogen-bond donors (Lipinski definition) is 2. The van der Waals surface area contributed by atoms with Crippen LogP contribution in [0.3, 0.4) is 0 Å². The molecule has 2 aromatic carbocycles. The smallest absolute Gasteiger partial charge is 0.262 e. The first kappa shape index (κ1) is 22.4. The lowest BCUT2D eigenvalue weighted by atomic mass is 10.1. The normalized spacial score (nSPS) is 13.6. The van der Waals surface area contributed by atoms with Crippen molar-refractivity contribution in [3.05, 3.63) is 77.0 Å². The highest BCUT2D eigenvalue weighted by atomic mass is 32.2. The molecule has 0 unspecified atom stereocenters. The number of sulfonamides is 1. The highest BCUT2D eigenvalue weighted by molar-refractivity contribution is 7.99. The molecule has 6 nitrogen and oxygen atoms in total. The summed E-state index contributed by atoms with van der Waals surface area (Å²) in [6.45, 7) is 5.67. The average molecular weight is 468 g/mol. The topological polar surface area (TPSA) is 88.2 Å². The van der Waals surface area contributed by atoms with Crippen LogP contribution in [0.5, 0.6) is 0 Å². The van der Waals surface area contributed by atoms with Crippen LogP contribution in [0.4, 0.5) is 5.69 Å². The number of aryl methyl sites for hydroxylation is 3. The Morgan fingerprint density at radius 3 is 2.28 bits per heavy atom. The number of pyridine rings is 1. The largest absolute Gasteiger partial charge is 0.349 e. The quantitative estimate of drug-likeness (QED) is 0.519. The predicted molar refractivity (Wildman–Crippen MR) is 127 cm³/mol. The van der Waals surface area contributed by atoms with Gasteiger partial charge in [0, 0.05) is 22.8 Å². The molecule has 1 aliphatic carbocycles. The molecule has 32 heavy (non-hydrogen) atoms. The van der Waals surface area contributed by atoms with Crippen molar-refractivity contribution in [2.45, 2.75) is 54.5 Å². The van der Waals surface area contributed by atoms with Gasteiger partial charge in [-0.1, -0.05) is 17.8 Å². The molecule has 0 atom stereocenters. The molecule has 1 aromatic heterocycles. The first-order valence-electron chi connectivity index (χ1n) is 10.4.